The van der Waals surface area contributed by atoms with Crippen molar-refractivity contribution in [2.75, 3.05) is 12.0 Å². The van der Waals surface area contributed by atoms with E-state index in [-0.39, 0.29) is 11.3 Å². The first-order valence-electron chi connectivity index (χ1n) is 12.0. The van der Waals surface area contributed by atoms with E-state index >= 15 is 0 Å². The van der Waals surface area contributed by atoms with Gasteiger partial charge in [-0.15, -0.1) is 11.3 Å². The number of methoxy groups -OCH3 is 1. The van der Waals surface area contributed by atoms with Gasteiger partial charge < -0.3 is 14.6 Å². The summed E-state index contributed by atoms with van der Waals surface area (Å²) < 4.78 is 10.6. The summed E-state index contributed by atoms with van der Waals surface area (Å²) in [5, 5.41) is 13.3. The van der Waals surface area contributed by atoms with Gasteiger partial charge in [-0.3, -0.25) is 14.5 Å². The minimum absolute atomic E-state index is 0.0746. The average molecular weight is 541 g/mol. The highest BCUT2D eigenvalue weighted by Gasteiger charge is 2.48. The third-order valence-electron chi connectivity index (χ3n) is 6.33. The van der Waals surface area contributed by atoms with Gasteiger partial charge in [0.05, 0.1) is 24.3 Å². The van der Waals surface area contributed by atoms with Crippen molar-refractivity contribution in [2.24, 2.45) is 0 Å². The minimum Gasteiger partial charge on any atom is -0.507 e. The summed E-state index contributed by atoms with van der Waals surface area (Å²) in [6, 6.07) is 20.1. The molecule has 9 heteroatoms. The predicted octanol–water partition coefficient (Wildman–Crippen LogP) is 5.44. The van der Waals surface area contributed by atoms with Crippen molar-refractivity contribution in [3.8, 4) is 5.75 Å². The van der Waals surface area contributed by atoms with Crippen molar-refractivity contribution < 1.29 is 29.0 Å². The van der Waals surface area contributed by atoms with E-state index in [4.69, 9.17) is 9.47 Å². The second kappa shape index (κ2) is 10.9. The van der Waals surface area contributed by atoms with Gasteiger partial charge in [-0.05, 0) is 54.4 Å². The third-order valence-corrected chi connectivity index (χ3v) is 7.10. The number of benzene rings is 3. The van der Waals surface area contributed by atoms with E-state index in [2.05, 4.69) is 4.98 Å². The molecule has 1 aliphatic rings. The maximum absolute atomic E-state index is 13.3. The summed E-state index contributed by atoms with van der Waals surface area (Å²) in [5.41, 5.74) is 3.29. The lowest BCUT2D eigenvalue weighted by molar-refractivity contribution is -0.132. The third kappa shape index (κ3) is 5.17. The molecule has 1 amide bonds. The number of anilines is 1. The summed E-state index contributed by atoms with van der Waals surface area (Å²) >= 11 is 1.20. The van der Waals surface area contributed by atoms with Crippen molar-refractivity contribution in [2.45, 2.75) is 19.6 Å². The Balaban J connectivity index is 1.49. The van der Waals surface area contributed by atoms with Gasteiger partial charge in [-0.25, -0.2) is 9.78 Å². The Kier molecular flexibility index (Phi) is 7.25. The van der Waals surface area contributed by atoms with Gasteiger partial charge in [0.25, 0.3) is 5.78 Å². The molecule has 1 saturated heterocycles. The van der Waals surface area contributed by atoms with Crippen LogP contribution in [0.1, 0.15) is 38.7 Å². The lowest BCUT2D eigenvalue weighted by Gasteiger charge is -2.23. The molecule has 196 valence electrons. The lowest BCUT2D eigenvalue weighted by Crippen LogP contribution is -2.29. The number of aliphatic hydroxyl groups is 1. The summed E-state index contributed by atoms with van der Waals surface area (Å²) in [5.74, 6) is -1.87. The molecule has 0 bridgehead atoms. The Morgan fingerprint density at radius 1 is 1.03 bits per heavy atom. The van der Waals surface area contributed by atoms with Gasteiger partial charge >= 0.3 is 11.9 Å². The summed E-state index contributed by atoms with van der Waals surface area (Å²) in [6.07, 6.45) is 1.53. The second-order valence-corrected chi connectivity index (χ2v) is 9.77. The molecular formula is C30H24N2O6S. The molecule has 0 saturated carbocycles. The highest BCUT2D eigenvalue weighted by atomic mass is 32.1. The number of amides is 1. The molecule has 1 aromatic heterocycles. The van der Waals surface area contributed by atoms with E-state index in [1.165, 1.54) is 29.5 Å². The number of aryl methyl sites for hydroxylation is 1. The largest absolute Gasteiger partial charge is 0.507 e. The first kappa shape index (κ1) is 25.9. The van der Waals surface area contributed by atoms with Crippen LogP contribution in [-0.2, 0) is 20.9 Å². The number of aliphatic hydroxyl groups excluding tert-OH is 1. The molecule has 5 rings (SSSR count). The molecule has 1 fully saturated rings. The fourth-order valence-electron chi connectivity index (χ4n) is 4.43. The minimum atomic E-state index is -0.944. The maximum atomic E-state index is 13.3. The zero-order valence-corrected chi connectivity index (χ0v) is 22.0. The van der Waals surface area contributed by atoms with Crippen LogP contribution in [0.4, 0.5) is 5.13 Å². The van der Waals surface area contributed by atoms with E-state index in [1.54, 1.807) is 53.9 Å². The van der Waals surface area contributed by atoms with Crippen LogP contribution < -0.4 is 9.64 Å². The molecular weight excluding hydrogens is 516 g/mol. The molecule has 0 unspecified atom stereocenters. The smallest absolute Gasteiger partial charge is 0.337 e. The number of nitrogens with zero attached hydrogens (tertiary/aromatic N) is 2. The van der Waals surface area contributed by atoms with E-state index in [9.17, 15) is 19.5 Å². The first-order chi connectivity index (χ1) is 18.9. The molecule has 1 N–H and O–H groups in total. The van der Waals surface area contributed by atoms with Crippen LogP contribution in [0.25, 0.3) is 5.76 Å². The van der Waals surface area contributed by atoms with Crippen molar-refractivity contribution in [3.05, 3.63) is 118 Å². The number of thiazole rings is 1. The predicted molar refractivity (Wildman–Crippen MR) is 147 cm³/mol. The van der Waals surface area contributed by atoms with Gasteiger partial charge in [0, 0.05) is 17.1 Å². The van der Waals surface area contributed by atoms with E-state index in [0.717, 1.165) is 11.1 Å². The number of hydrogen-bond donors (Lipinski definition) is 1. The molecule has 0 aliphatic carbocycles. The number of carbonyl (C=O) groups excluding carboxylic acids is 3. The summed E-state index contributed by atoms with van der Waals surface area (Å²) in [4.78, 5) is 43.8. The molecule has 8 nitrogen and oxygen atoms in total. The number of esters is 1. The molecule has 0 spiro atoms. The number of Topliss-reactive ketones (excluding diaryl/α,β-unsaturated/α-hetero) is 1. The van der Waals surface area contributed by atoms with Gasteiger partial charge in [-0.2, -0.15) is 0 Å². The zero-order valence-electron chi connectivity index (χ0n) is 21.2. The van der Waals surface area contributed by atoms with Crippen LogP contribution in [-0.4, -0.2) is 34.9 Å². The topological polar surface area (TPSA) is 106 Å². The molecule has 39 heavy (non-hydrogen) atoms. The molecule has 2 heterocycles. The number of ether oxygens (including phenoxy) is 2. The van der Waals surface area contributed by atoms with E-state index in [1.807, 2.05) is 31.2 Å². The van der Waals surface area contributed by atoms with Crippen molar-refractivity contribution >= 4 is 39.9 Å². The van der Waals surface area contributed by atoms with Gasteiger partial charge in [-0.1, -0.05) is 42.0 Å². The fraction of sp³-hybridized carbons (Fsp3) is 0.133. The van der Waals surface area contributed by atoms with Crippen LogP contribution in [0.3, 0.4) is 0 Å². The standard InChI is InChI=1S/C30H24N2O6S/c1-18-4-3-5-19(16-18)17-38-23-12-10-21(11-13-23)26(33)24-25(20-6-8-22(9-7-20)29(36)37-2)32(28(35)27(24)34)30-31-14-15-39-30/h3-16,25,33H,17H2,1-2H3/b26-24+/t25-/m0/s1. The van der Waals surface area contributed by atoms with E-state index < -0.39 is 23.7 Å². The number of aromatic nitrogens is 1. The number of hydrogen-bond acceptors (Lipinski definition) is 8. The second-order valence-electron chi connectivity index (χ2n) is 8.90. The summed E-state index contributed by atoms with van der Waals surface area (Å²) in [6.45, 7) is 2.40. The van der Waals surface area contributed by atoms with Crippen LogP contribution in [0, 0.1) is 6.92 Å². The SMILES string of the molecule is COC(=O)c1ccc([C@H]2/C(=C(\O)c3ccc(OCc4cccc(C)c4)cc3)C(=O)C(=O)N2c2nccs2)cc1. The monoisotopic (exact) mass is 540 g/mol. The van der Waals surface area contributed by atoms with Crippen molar-refractivity contribution in [1.29, 1.82) is 0 Å². The molecule has 0 radical (unpaired) electrons. The number of rotatable bonds is 7. The van der Waals surface area contributed by atoms with Crippen molar-refractivity contribution in [3.63, 3.8) is 0 Å². The highest BCUT2D eigenvalue weighted by Crippen LogP contribution is 2.42. The number of carbonyl (C=O) groups is 3. The summed E-state index contributed by atoms with van der Waals surface area (Å²) in [7, 11) is 1.28. The van der Waals surface area contributed by atoms with E-state index in [0.29, 0.717) is 34.2 Å². The first-order valence-corrected chi connectivity index (χ1v) is 12.9. The van der Waals surface area contributed by atoms with Crippen molar-refractivity contribution in [1.82, 2.24) is 4.98 Å². The Labute approximate surface area is 228 Å². The van der Waals surface area contributed by atoms with Gasteiger partial charge in [0.2, 0.25) is 0 Å². The van der Waals surface area contributed by atoms with Crippen LogP contribution in [0.5, 0.6) is 5.75 Å². The van der Waals surface area contributed by atoms with Crippen LogP contribution in [0.2, 0.25) is 0 Å². The Morgan fingerprint density at radius 2 is 1.74 bits per heavy atom. The molecule has 1 aliphatic heterocycles. The normalized spacial score (nSPS) is 16.4. The van der Waals surface area contributed by atoms with Gasteiger partial charge in [0.15, 0.2) is 5.13 Å². The lowest BCUT2D eigenvalue weighted by atomic mass is 9.94. The Hall–Kier alpha value is -4.76. The van der Waals surface area contributed by atoms with Crippen LogP contribution in [0.15, 0.2) is 89.9 Å². The fourth-order valence-corrected chi connectivity index (χ4v) is 5.10. The van der Waals surface area contributed by atoms with Gasteiger partial charge in [0.1, 0.15) is 18.1 Å². The molecule has 1 atom stereocenters. The highest BCUT2D eigenvalue weighted by molar-refractivity contribution is 7.14. The zero-order chi connectivity index (χ0) is 27.5. The Bertz CT molecular complexity index is 1560. The molecule has 4 aromatic rings. The molecule has 3 aromatic carbocycles. The number of ketones is 1. The maximum Gasteiger partial charge on any atom is 0.337 e. The van der Waals surface area contributed by atoms with Crippen LogP contribution >= 0.6 is 11.3 Å². The quantitative estimate of drug-likeness (QED) is 0.144. The average Bonchev–Trinajstić information content (AvgIpc) is 3.58. The Morgan fingerprint density at radius 3 is 2.38 bits per heavy atom.